The van der Waals surface area contributed by atoms with Crippen LogP contribution in [0.3, 0.4) is 0 Å². The fourth-order valence-corrected chi connectivity index (χ4v) is 4.01. The molecule has 0 amide bonds. The maximum absolute atomic E-state index is 12.3. The van der Waals surface area contributed by atoms with E-state index in [0.717, 1.165) is 56.3 Å². The maximum atomic E-state index is 12.3. The molecule has 3 aromatic rings. The standard InChI is InChI=1S/C34H40N2O7/c1-2-3-19-40-30-14-16-31(17-15-30)43-32(37)18-11-25-9-12-26(13-10-25)33(38)41-20-7-5-4-6-8-21-42-34(39)27-22-28(35)24-29(36)23-27/h9-18,22-24H,2-8,19-21,35-36H2,1H3/b18-11+. The number of esters is 3. The molecule has 0 saturated heterocycles. The van der Waals surface area contributed by atoms with Crippen LogP contribution >= 0.6 is 0 Å². The summed E-state index contributed by atoms with van der Waals surface area (Å²) in [6, 6.07) is 18.4. The van der Waals surface area contributed by atoms with Crippen LogP contribution in [0.25, 0.3) is 6.08 Å². The van der Waals surface area contributed by atoms with Crippen LogP contribution in [0.15, 0.2) is 72.8 Å². The fourth-order valence-electron chi connectivity index (χ4n) is 4.01. The van der Waals surface area contributed by atoms with Gasteiger partial charge in [-0.3, -0.25) is 0 Å². The lowest BCUT2D eigenvalue weighted by Gasteiger charge is -2.07. The molecule has 0 bridgehead atoms. The van der Waals surface area contributed by atoms with E-state index in [-0.39, 0.29) is 0 Å². The molecule has 3 rings (SSSR count). The molecule has 0 atom stereocenters. The highest BCUT2D eigenvalue weighted by Gasteiger charge is 2.09. The van der Waals surface area contributed by atoms with Crippen molar-refractivity contribution in [2.45, 2.75) is 51.9 Å². The zero-order valence-corrected chi connectivity index (χ0v) is 24.6. The van der Waals surface area contributed by atoms with Gasteiger partial charge in [-0.2, -0.15) is 0 Å². The van der Waals surface area contributed by atoms with E-state index < -0.39 is 17.9 Å². The van der Waals surface area contributed by atoms with Gasteiger partial charge in [0.2, 0.25) is 0 Å². The number of ether oxygens (including phenoxy) is 4. The maximum Gasteiger partial charge on any atom is 0.338 e. The Bertz CT molecular complexity index is 1330. The molecule has 9 nitrogen and oxygen atoms in total. The van der Waals surface area contributed by atoms with Crippen molar-refractivity contribution >= 4 is 35.4 Å². The first kappa shape index (κ1) is 32.7. The van der Waals surface area contributed by atoms with Gasteiger partial charge in [0.25, 0.3) is 0 Å². The molecule has 3 aromatic carbocycles. The molecule has 4 N–H and O–H groups in total. The van der Waals surface area contributed by atoms with E-state index in [4.69, 9.17) is 30.4 Å². The van der Waals surface area contributed by atoms with E-state index in [0.29, 0.717) is 48.1 Å². The summed E-state index contributed by atoms with van der Waals surface area (Å²) >= 11 is 0. The zero-order valence-electron chi connectivity index (χ0n) is 24.6. The topological polar surface area (TPSA) is 140 Å². The molecule has 43 heavy (non-hydrogen) atoms. The summed E-state index contributed by atoms with van der Waals surface area (Å²) in [5.74, 6) is -0.183. The highest BCUT2D eigenvalue weighted by Crippen LogP contribution is 2.19. The molecule has 0 heterocycles. The number of hydrogen-bond donors (Lipinski definition) is 2. The average molecular weight is 589 g/mol. The Morgan fingerprint density at radius 1 is 0.651 bits per heavy atom. The molecule has 0 aromatic heterocycles. The largest absolute Gasteiger partial charge is 0.494 e. The average Bonchev–Trinajstić information content (AvgIpc) is 2.99. The van der Waals surface area contributed by atoms with Gasteiger partial charge in [0, 0.05) is 17.5 Å². The van der Waals surface area contributed by atoms with Crippen molar-refractivity contribution in [1.29, 1.82) is 0 Å². The minimum Gasteiger partial charge on any atom is -0.494 e. The van der Waals surface area contributed by atoms with E-state index in [2.05, 4.69) is 6.92 Å². The van der Waals surface area contributed by atoms with Gasteiger partial charge >= 0.3 is 17.9 Å². The van der Waals surface area contributed by atoms with Crippen molar-refractivity contribution in [3.05, 3.63) is 89.5 Å². The Morgan fingerprint density at radius 2 is 1.21 bits per heavy atom. The number of benzene rings is 3. The predicted octanol–water partition coefficient (Wildman–Crippen LogP) is 6.61. The lowest BCUT2D eigenvalue weighted by molar-refractivity contribution is -0.128. The molecule has 0 radical (unpaired) electrons. The molecule has 0 aliphatic carbocycles. The second-order valence-electron chi connectivity index (χ2n) is 9.98. The van der Waals surface area contributed by atoms with Gasteiger partial charge in [-0.25, -0.2) is 14.4 Å². The van der Waals surface area contributed by atoms with Gasteiger partial charge in [-0.1, -0.05) is 44.7 Å². The number of carbonyl (C=O) groups excluding carboxylic acids is 3. The molecule has 0 unspecified atom stereocenters. The van der Waals surface area contributed by atoms with Crippen molar-refractivity contribution in [2.75, 3.05) is 31.3 Å². The Balaban J connectivity index is 1.26. The smallest absolute Gasteiger partial charge is 0.338 e. The van der Waals surface area contributed by atoms with Gasteiger partial charge in [0.15, 0.2) is 0 Å². The molecule has 9 heteroatoms. The molecule has 0 aliphatic rings. The monoisotopic (exact) mass is 588 g/mol. The Hall–Kier alpha value is -4.79. The summed E-state index contributed by atoms with van der Waals surface area (Å²) in [5, 5.41) is 0. The normalized spacial score (nSPS) is 10.8. The van der Waals surface area contributed by atoms with Crippen molar-refractivity contribution < 1.29 is 33.3 Å². The van der Waals surface area contributed by atoms with Gasteiger partial charge < -0.3 is 30.4 Å². The molecule has 0 fully saturated rings. The first-order valence-electron chi connectivity index (χ1n) is 14.6. The highest BCUT2D eigenvalue weighted by atomic mass is 16.5. The van der Waals surface area contributed by atoms with Crippen LogP contribution in [0.4, 0.5) is 11.4 Å². The summed E-state index contributed by atoms with van der Waals surface area (Å²) in [5.41, 5.74) is 13.8. The summed E-state index contributed by atoms with van der Waals surface area (Å²) in [4.78, 5) is 36.6. The minimum atomic E-state index is -0.507. The number of unbranched alkanes of at least 4 members (excludes halogenated alkanes) is 5. The van der Waals surface area contributed by atoms with Crippen molar-refractivity contribution in [1.82, 2.24) is 0 Å². The SMILES string of the molecule is CCCCOc1ccc(OC(=O)/C=C/c2ccc(C(=O)OCCCCCCCOC(=O)c3cc(N)cc(N)c3)cc2)cc1. The summed E-state index contributed by atoms with van der Waals surface area (Å²) < 4.78 is 21.6. The third-order valence-corrected chi connectivity index (χ3v) is 6.34. The van der Waals surface area contributed by atoms with Crippen molar-refractivity contribution in [2.24, 2.45) is 0 Å². The van der Waals surface area contributed by atoms with E-state index in [1.807, 2.05) is 0 Å². The molecular formula is C34H40N2O7. The van der Waals surface area contributed by atoms with E-state index >= 15 is 0 Å². The van der Waals surface area contributed by atoms with Gasteiger partial charge in [0.05, 0.1) is 30.9 Å². The molecule has 0 aliphatic heterocycles. The first-order chi connectivity index (χ1) is 20.8. The Morgan fingerprint density at radius 3 is 1.81 bits per heavy atom. The number of rotatable bonds is 17. The molecule has 0 saturated carbocycles. The lowest BCUT2D eigenvalue weighted by atomic mass is 10.1. The third kappa shape index (κ3) is 12.3. The predicted molar refractivity (Wildman–Crippen MR) is 167 cm³/mol. The summed E-state index contributed by atoms with van der Waals surface area (Å²) in [6.07, 6.45) is 9.20. The summed E-state index contributed by atoms with van der Waals surface area (Å²) in [7, 11) is 0. The van der Waals surface area contributed by atoms with Crippen molar-refractivity contribution in [3.63, 3.8) is 0 Å². The van der Waals surface area contributed by atoms with Crippen LogP contribution in [-0.2, 0) is 14.3 Å². The third-order valence-electron chi connectivity index (χ3n) is 6.34. The highest BCUT2D eigenvalue weighted by molar-refractivity contribution is 5.92. The molecule has 228 valence electrons. The Labute approximate surface area is 252 Å². The van der Waals surface area contributed by atoms with Crippen LogP contribution in [0.2, 0.25) is 0 Å². The first-order valence-corrected chi connectivity index (χ1v) is 14.6. The van der Waals surface area contributed by atoms with Crippen LogP contribution in [-0.4, -0.2) is 37.7 Å². The van der Waals surface area contributed by atoms with Gasteiger partial charge in [0.1, 0.15) is 11.5 Å². The van der Waals surface area contributed by atoms with Crippen molar-refractivity contribution in [3.8, 4) is 11.5 Å². The van der Waals surface area contributed by atoms with Crippen LogP contribution in [0.5, 0.6) is 11.5 Å². The van der Waals surface area contributed by atoms with E-state index in [1.54, 1.807) is 60.7 Å². The van der Waals surface area contributed by atoms with E-state index in [9.17, 15) is 14.4 Å². The van der Waals surface area contributed by atoms with Crippen LogP contribution in [0.1, 0.15) is 78.1 Å². The second-order valence-corrected chi connectivity index (χ2v) is 9.98. The second kappa shape index (κ2) is 17.9. The van der Waals surface area contributed by atoms with Crippen LogP contribution < -0.4 is 20.9 Å². The summed E-state index contributed by atoms with van der Waals surface area (Å²) in [6.45, 7) is 3.40. The van der Waals surface area contributed by atoms with Crippen LogP contribution in [0, 0.1) is 0 Å². The van der Waals surface area contributed by atoms with Gasteiger partial charge in [-0.15, -0.1) is 0 Å². The zero-order chi connectivity index (χ0) is 30.9. The van der Waals surface area contributed by atoms with E-state index in [1.165, 1.54) is 18.2 Å². The molecular weight excluding hydrogens is 548 g/mol. The quantitative estimate of drug-likeness (QED) is 0.0586. The Kier molecular flexibility index (Phi) is 13.6. The number of hydrogen-bond acceptors (Lipinski definition) is 9. The fraction of sp³-hybridized carbons (Fsp3) is 0.324. The number of carbonyl (C=O) groups is 3. The minimum absolute atomic E-state index is 0.317. The number of nitrogen functional groups attached to an aromatic ring is 2. The van der Waals surface area contributed by atoms with Gasteiger partial charge in [-0.05, 0) is 85.5 Å². The lowest BCUT2D eigenvalue weighted by Crippen LogP contribution is -2.08. The molecule has 0 spiro atoms. The number of anilines is 2. The number of nitrogens with two attached hydrogens (primary N) is 2.